The zero-order chi connectivity index (χ0) is 18.8. The summed E-state index contributed by atoms with van der Waals surface area (Å²) >= 11 is 6.04. The van der Waals surface area contributed by atoms with Crippen LogP contribution in [0.25, 0.3) is 5.65 Å². The van der Waals surface area contributed by atoms with Crippen molar-refractivity contribution < 1.29 is 4.79 Å². The molecule has 1 aromatic carbocycles. The minimum Gasteiger partial charge on any atom is -0.349 e. The van der Waals surface area contributed by atoms with Gasteiger partial charge in [-0.15, -0.1) is 0 Å². The van der Waals surface area contributed by atoms with Crippen LogP contribution < -0.4 is 5.32 Å². The Balaban J connectivity index is 1.56. The molecule has 0 radical (unpaired) electrons. The SMILES string of the molecule is Cc1nc2cc(Cl)ccn2c1C(=O)NCC(c1ccccc1)N1CCCC1. The van der Waals surface area contributed by atoms with Gasteiger partial charge in [0, 0.05) is 23.8 Å². The predicted octanol–water partition coefficient (Wildman–Crippen LogP) is 3.86. The van der Waals surface area contributed by atoms with Gasteiger partial charge in [0.15, 0.2) is 0 Å². The highest BCUT2D eigenvalue weighted by atomic mass is 35.5. The number of rotatable bonds is 5. The van der Waals surface area contributed by atoms with E-state index < -0.39 is 0 Å². The first kappa shape index (κ1) is 18.0. The number of carbonyl (C=O) groups excluding carboxylic acids is 1. The van der Waals surface area contributed by atoms with Gasteiger partial charge < -0.3 is 5.32 Å². The Hall–Kier alpha value is -2.37. The Morgan fingerprint density at radius 2 is 1.96 bits per heavy atom. The molecule has 2 aromatic heterocycles. The van der Waals surface area contributed by atoms with Crippen LogP contribution in [0.3, 0.4) is 0 Å². The number of benzene rings is 1. The third kappa shape index (κ3) is 3.70. The van der Waals surface area contributed by atoms with E-state index in [2.05, 4.69) is 39.5 Å². The molecule has 0 bridgehead atoms. The number of amides is 1. The molecule has 3 heterocycles. The van der Waals surface area contributed by atoms with Crippen molar-refractivity contribution in [2.24, 2.45) is 0 Å². The Labute approximate surface area is 164 Å². The number of hydrogen-bond acceptors (Lipinski definition) is 3. The van der Waals surface area contributed by atoms with Crippen LogP contribution in [0.1, 0.15) is 40.6 Å². The first-order chi connectivity index (χ1) is 13.1. The Bertz CT molecular complexity index is 947. The highest BCUT2D eigenvalue weighted by Crippen LogP contribution is 2.24. The van der Waals surface area contributed by atoms with Gasteiger partial charge in [-0.1, -0.05) is 41.9 Å². The van der Waals surface area contributed by atoms with Crippen molar-refractivity contribution in [2.75, 3.05) is 19.6 Å². The minimum absolute atomic E-state index is 0.109. The molecule has 1 fully saturated rings. The van der Waals surface area contributed by atoms with Gasteiger partial charge in [-0.25, -0.2) is 4.98 Å². The molecular weight excluding hydrogens is 360 g/mol. The maximum atomic E-state index is 13.0. The number of aryl methyl sites for hydroxylation is 1. The van der Waals surface area contributed by atoms with Crippen LogP contribution in [0.2, 0.25) is 5.02 Å². The molecule has 0 saturated carbocycles. The van der Waals surface area contributed by atoms with Gasteiger partial charge in [0.2, 0.25) is 0 Å². The van der Waals surface area contributed by atoms with Crippen molar-refractivity contribution in [3.63, 3.8) is 0 Å². The van der Waals surface area contributed by atoms with Crippen molar-refractivity contribution in [3.8, 4) is 0 Å². The lowest BCUT2D eigenvalue weighted by atomic mass is 10.1. The second-order valence-corrected chi connectivity index (χ2v) is 7.43. The molecule has 3 aromatic rings. The minimum atomic E-state index is -0.109. The van der Waals surface area contributed by atoms with E-state index in [1.54, 1.807) is 22.7 Å². The highest BCUT2D eigenvalue weighted by molar-refractivity contribution is 6.30. The molecule has 1 saturated heterocycles. The topological polar surface area (TPSA) is 49.6 Å². The van der Waals surface area contributed by atoms with Gasteiger partial charge in [-0.05, 0) is 44.5 Å². The van der Waals surface area contributed by atoms with Gasteiger partial charge in [0.1, 0.15) is 11.3 Å². The predicted molar refractivity (Wildman–Crippen MR) is 107 cm³/mol. The lowest BCUT2D eigenvalue weighted by Gasteiger charge is -2.28. The number of aromatic nitrogens is 2. The first-order valence-electron chi connectivity index (χ1n) is 9.35. The summed E-state index contributed by atoms with van der Waals surface area (Å²) in [5.41, 5.74) is 3.19. The van der Waals surface area contributed by atoms with E-state index in [1.807, 2.05) is 13.0 Å². The molecular formula is C21H23ClN4O. The van der Waals surface area contributed by atoms with Crippen LogP contribution in [0, 0.1) is 6.92 Å². The molecule has 1 amide bonds. The van der Waals surface area contributed by atoms with E-state index in [4.69, 9.17) is 11.6 Å². The fraction of sp³-hybridized carbons (Fsp3) is 0.333. The standard InChI is InChI=1S/C21H23ClN4O/c1-15-20(26-12-9-17(22)13-19(26)24-15)21(27)23-14-18(25-10-5-6-11-25)16-7-3-2-4-8-16/h2-4,7-9,12-13,18H,5-6,10-11,14H2,1H3,(H,23,27). The van der Waals surface area contributed by atoms with Gasteiger partial charge in [-0.3, -0.25) is 14.1 Å². The maximum absolute atomic E-state index is 13.0. The third-order valence-corrected chi connectivity index (χ3v) is 5.43. The highest BCUT2D eigenvalue weighted by Gasteiger charge is 2.25. The van der Waals surface area contributed by atoms with Gasteiger partial charge in [0.05, 0.1) is 11.7 Å². The lowest BCUT2D eigenvalue weighted by molar-refractivity contribution is 0.0931. The second-order valence-electron chi connectivity index (χ2n) is 7.00. The van der Waals surface area contributed by atoms with E-state index in [0.717, 1.165) is 13.1 Å². The van der Waals surface area contributed by atoms with E-state index in [0.29, 0.717) is 28.6 Å². The van der Waals surface area contributed by atoms with Crippen molar-refractivity contribution >= 4 is 23.2 Å². The fourth-order valence-corrected chi connectivity index (χ4v) is 4.02. The summed E-state index contributed by atoms with van der Waals surface area (Å²) in [5.74, 6) is -0.109. The smallest absolute Gasteiger partial charge is 0.270 e. The molecule has 1 N–H and O–H groups in total. The molecule has 5 nitrogen and oxygen atoms in total. The van der Waals surface area contributed by atoms with E-state index in [9.17, 15) is 4.79 Å². The van der Waals surface area contributed by atoms with Crippen molar-refractivity contribution in [3.05, 3.63) is 70.6 Å². The molecule has 1 aliphatic heterocycles. The fourth-order valence-electron chi connectivity index (χ4n) is 3.87. The molecule has 1 unspecified atom stereocenters. The van der Waals surface area contributed by atoms with Gasteiger partial charge in [-0.2, -0.15) is 0 Å². The largest absolute Gasteiger partial charge is 0.349 e. The molecule has 0 aliphatic carbocycles. The average molecular weight is 383 g/mol. The average Bonchev–Trinajstić information content (AvgIpc) is 3.29. The monoisotopic (exact) mass is 382 g/mol. The Kier molecular flexibility index (Phi) is 5.14. The van der Waals surface area contributed by atoms with E-state index >= 15 is 0 Å². The van der Waals surface area contributed by atoms with Gasteiger partial charge in [0.25, 0.3) is 5.91 Å². The zero-order valence-corrected chi connectivity index (χ0v) is 16.1. The van der Waals surface area contributed by atoms with E-state index in [-0.39, 0.29) is 11.9 Å². The van der Waals surface area contributed by atoms with Crippen LogP contribution in [-0.2, 0) is 0 Å². The number of hydrogen-bond donors (Lipinski definition) is 1. The number of nitrogens with zero attached hydrogens (tertiary/aromatic N) is 3. The third-order valence-electron chi connectivity index (χ3n) is 5.20. The number of pyridine rings is 1. The summed E-state index contributed by atoms with van der Waals surface area (Å²) in [6, 6.07) is 14.1. The first-order valence-corrected chi connectivity index (χ1v) is 9.72. The van der Waals surface area contributed by atoms with Crippen LogP contribution in [-0.4, -0.2) is 39.8 Å². The van der Waals surface area contributed by atoms with E-state index in [1.165, 1.54) is 18.4 Å². The number of likely N-dealkylation sites (tertiary alicyclic amines) is 1. The summed E-state index contributed by atoms with van der Waals surface area (Å²) in [5, 5.41) is 3.74. The zero-order valence-electron chi connectivity index (χ0n) is 15.4. The summed E-state index contributed by atoms with van der Waals surface area (Å²) < 4.78 is 1.80. The lowest BCUT2D eigenvalue weighted by Crippen LogP contribution is -2.37. The number of fused-ring (bicyclic) bond motifs is 1. The Morgan fingerprint density at radius 1 is 1.22 bits per heavy atom. The maximum Gasteiger partial charge on any atom is 0.270 e. The quantitative estimate of drug-likeness (QED) is 0.728. The van der Waals surface area contributed by atoms with Crippen LogP contribution >= 0.6 is 11.6 Å². The molecule has 0 spiro atoms. The van der Waals surface area contributed by atoms with Crippen LogP contribution in [0.4, 0.5) is 0 Å². The summed E-state index contributed by atoms with van der Waals surface area (Å²) in [6.45, 7) is 4.57. The Morgan fingerprint density at radius 3 is 2.70 bits per heavy atom. The number of nitrogens with one attached hydrogen (secondary N) is 1. The van der Waals surface area contributed by atoms with Crippen molar-refractivity contribution in [1.29, 1.82) is 0 Å². The number of imidazole rings is 1. The summed E-state index contributed by atoms with van der Waals surface area (Å²) in [7, 11) is 0. The van der Waals surface area contributed by atoms with Gasteiger partial charge >= 0.3 is 0 Å². The van der Waals surface area contributed by atoms with Crippen LogP contribution in [0.5, 0.6) is 0 Å². The van der Waals surface area contributed by atoms with Crippen molar-refractivity contribution in [1.82, 2.24) is 19.6 Å². The molecule has 27 heavy (non-hydrogen) atoms. The summed E-state index contributed by atoms with van der Waals surface area (Å²) in [4.78, 5) is 19.9. The molecule has 1 atom stereocenters. The van der Waals surface area contributed by atoms with Crippen LogP contribution in [0.15, 0.2) is 48.7 Å². The molecule has 4 rings (SSSR count). The molecule has 140 valence electrons. The second kappa shape index (κ2) is 7.71. The van der Waals surface area contributed by atoms with Crippen molar-refractivity contribution in [2.45, 2.75) is 25.8 Å². The normalized spacial score (nSPS) is 15.9. The number of carbonyl (C=O) groups is 1. The number of halogens is 1. The molecule has 1 aliphatic rings. The summed E-state index contributed by atoms with van der Waals surface area (Å²) in [6.07, 6.45) is 4.22. The molecule has 6 heteroatoms.